The van der Waals surface area contributed by atoms with Crippen molar-refractivity contribution in [2.75, 3.05) is 6.54 Å². The van der Waals surface area contributed by atoms with Crippen LogP contribution in [0.1, 0.15) is 11.1 Å². The number of hydrogen-bond acceptors (Lipinski definition) is 3. The van der Waals surface area contributed by atoms with Crippen LogP contribution in [0, 0.1) is 6.92 Å². The lowest BCUT2D eigenvalue weighted by Gasteiger charge is -2.14. The molecule has 1 aliphatic rings. The first kappa shape index (κ1) is 13.0. The molecule has 0 radical (unpaired) electrons. The molecule has 5 nitrogen and oxygen atoms in total. The van der Waals surface area contributed by atoms with Crippen LogP contribution in [-0.2, 0) is 16.1 Å². The predicted octanol–water partition coefficient (Wildman–Crippen LogP) is 1.47. The van der Waals surface area contributed by atoms with Crippen molar-refractivity contribution in [2.24, 2.45) is 0 Å². The van der Waals surface area contributed by atoms with Crippen molar-refractivity contribution < 1.29 is 14.4 Å². The molecule has 5 heteroatoms. The van der Waals surface area contributed by atoms with Crippen molar-refractivity contribution in [1.82, 2.24) is 9.80 Å². The van der Waals surface area contributed by atoms with Gasteiger partial charge in [0, 0.05) is 6.54 Å². The monoisotopic (exact) mass is 258 g/mol. The standard InChI is InChI=1S/C14H14N2O3/c1-3-8-15-12(17)13(18)16(14(15)19)9-11-6-4-10(2)5-7-11/h3-7H,1,8-9H2,2H3. The van der Waals surface area contributed by atoms with Crippen LogP contribution >= 0.6 is 0 Å². The molecule has 0 saturated carbocycles. The average molecular weight is 258 g/mol. The number of nitrogens with zero attached hydrogens (tertiary/aromatic N) is 2. The number of imide groups is 2. The van der Waals surface area contributed by atoms with Crippen molar-refractivity contribution in [3.8, 4) is 0 Å². The SMILES string of the molecule is C=CCN1C(=O)C(=O)N(Cc2ccc(C)cc2)C1=O. The van der Waals surface area contributed by atoms with Gasteiger partial charge in [0.2, 0.25) is 0 Å². The van der Waals surface area contributed by atoms with Crippen molar-refractivity contribution in [3.05, 3.63) is 48.0 Å². The van der Waals surface area contributed by atoms with E-state index in [2.05, 4.69) is 6.58 Å². The van der Waals surface area contributed by atoms with Gasteiger partial charge in [-0.1, -0.05) is 35.9 Å². The Kier molecular flexibility index (Phi) is 3.46. The van der Waals surface area contributed by atoms with E-state index in [-0.39, 0.29) is 13.1 Å². The van der Waals surface area contributed by atoms with E-state index >= 15 is 0 Å². The highest BCUT2D eigenvalue weighted by Gasteiger charge is 2.43. The van der Waals surface area contributed by atoms with E-state index in [1.165, 1.54) is 6.08 Å². The zero-order valence-electron chi connectivity index (χ0n) is 10.6. The Bertz CT molecular complexity index is 548. The first-order valence-electron chi connectivity index (χ1n) is 5.88. The zero-order chi connectivity index (χ0) is 14.0. The summed E-state index contributed by atoms with van der Waals surface area (Å²) >= 11 is 0. The quantitative estimate of drug-likeness (QED) is 0.467. The third-order valence-electron chi connectivity index (χ3n) is 2.91. The number of carbonyl (C=O) groups is 3. The van der Waals surface area contributed by atoms with E-state index in [9.17, 15) is 14.4 Å². The molecule has 1 saturated heterocycles. The number of urea groups is 1. The van der Waals surface area contributed by atoms with Gasteiger partial charge in [0.05, 0.1) is 6.54 Å². The fourth-order valence-corrected chi connectivity index (χ4v) is 1.86. The molecule has 1 heterocycles. The predicted molar refractivity (Wildman–Crippen MR) is 69.0 cm³/mol. The molecule has 0 unspecified atom stereocenters. The van der Waals surface area contributed by atoms with Crippen LogP contribution in [0.3, 0.4) is 0 Å². The number of carbonyl (C=O) groups excluding carboxylic acids is 3. The van der Waals surface area contributed by atoms with E-state index in [4.69, 9.17) is 0 Å². The molecule has 0 atom stereocenters. The summed E-state index contributed by atoms with van der Waals surface area (Å²) in [5.41, 5.74) is 1.90. The highest BCUT2D eigenvalue weighted by atomic mass is 16.2. The Hall–Kier alpha value is -2.43. The van der Waals surface area contributed by atoms with E-state index in [0.29, 0.717) is 0 Å². The van der Waals surface area contributed by atoms with Crippen LogP contribution in [0.5, 0.6) is 0 Å². The number of hydrogen-bond donors (Lipinski definition) is 0. The summed E-state index contributed by atoms with van der Waals surface area (Å²) in [6.07, 6.45) is 1.42. The fraction of sp³-hybridized carbons (Fsp3) is 0.214. The molecule has 0 spiro atoms. The van der Waals surface area contributed by atoms with Gasteiger partial charge in [-0.3, -0.25) is 19.4 Å². The van der Waals surface area contributed by atoms with Crippen molar-refractivity contribution in [1.29, 1.82) is 0 Å². The Labute approximate surface area is 111 Å². The van der Waals surface area contributed by atoms with Crippen LogP contribution in [-0.4, -0.2) is 34.2 Å². The smallest absolute Gasteiger partial charge is 0.263 e. The minimum atomic E-state index is -0.794. The van der Waals surface area contributed by atoms with Crippen molar-refractivity contribution in [3.63, 3.8) is 0 Å². The molecule has 0 aliphatic carbocycles. The topological polar surface area (TPSA) is 57.7 Å². The molecular formula is C14H14N2O3. The van der Waals surface area contributed by atoms with Gasteiger partial charge in [-0.2, -0.15) is 0 Å². The molecule has 1 aromatic carbocycles. The number of aryl methyl sites for hydroxylation is 1. The molecule has 19 heavy (non-hydrogen) atoms. The molecule has 0 N–H and O–H groups in total. The summed E-state index contributed by atoms with van der Waals surface area (Å²) in [6.45, 7) is 5.57. The van der Waals surface area contributed by atoms with Gasteiger partial charge in [-0.15, -0.1) is 6.58 Å². The second-order valence-corrected chi connectivity index (χ2v) is 4.36. The molecule has 98 valence electrons. The molecule has 0 bridgehead atoms. The summed E-state index contributed by atoms with van der Waals surface area (Å²) in [5.74, 6) is -1.58. The second-order valence-electron chi connectivity index (χ2n) is 4.36. The second kappa shape index (κ2) is 5.06. The van der Waals surface area contributed by atoms with Gasteiger partial charge in [-0.25, -0.2) is 4.79 Å². The Morgan fingerprint density at radius 3 is 2.21 bits per heavy atom. The lowest BCUT2D eigenvalue weighted by molar-refractivity contribution is -0.143. The molecule has 0 aromatic heterocycles. The first-order valence-corrected chi connectivity index (χ1v) is 5.88. The van der Waals surface area contributed by atoms with Crippen LogP contribution < -0.4 is 0 Å². The van der Waals surface area contributed by atoms with E-state index < -0.39 is 17.8 Å². The minimum Gasteiger partial charge on any atom is -0.263 e. The maximum atomic E-state index is 11.9. The number of rotatable bonds is 4. The molecule has 4 amide bonds. The van der Waals surface area contributed by atoms with Crippen molar-refractivity contribution >= 4 is 17.8 Å². The average Bonchev–Trinajstić information content (AvgIpc) is 2.59. The maximum Gasteiger partial charge on any atom is 0.334 e. The normalized spacial score (nSPS) is 15.3. The third-order valence-corrected chi connectivity index (χ3v) is 2.91. The largest absolute Gasteiger partial charge is 0.334 e. The van der Waals surface area contributed by atoms with Gasteiger partial charge in [0.25, 0.3) is 0 Å². The Morgan fingerprint density at radius 2 is 1.63 bits per heavy atom. The van der Waals surface area contributed by atoms with Crippen LogP contribution in [0.25, 0.3) is 0 Å². The third kappa shape index (κ3) is 2.40. The summed E-state index contributed by atoms with van der Waals surface area (Å²) in [6, 6.07) is 6.86. The summed E-state index contributed by atoms with van der Waals surface area (Å²) < 4.78 is 0. The molecular weight excluding hydrogens is 244 g/mol. The van der Waals surface area contributed by atoms with Gasteiger partial charge in [0.1, 0.15) is 0 Å². The summed E-state index contributed by atoms with van der Waals surface area (Å²) in [4.78, 5) is 37.2. The summed E-state index contributed by atoms with van der Waals surface area (Å²) in [5, 5.41) is 0. The first-order chi connectivity index (χ1) is 9.04. The van der Waals surface area contributed by atoms with E-state index in [1.807, 2.05) is 31.2 Å². The van der Waals surface area contributed by atoms with Crippen molar-refractivity contribution in [2.45, 2.75) is 13.5 Å². The number of benzene rings is 1. The Balaban J connectivity index is 2.18. The van der Waals surface area contributed by atoms with Gasteiger partial charge in [0.15, 0.2) is 0 Å². The van der Waals surface area contributed by atoms with E-state index in [1.54, 1.807) is 0 Å². The lowest BCUT2D eigenvalue weighted by Crippen LogP contribution is -2.33. The van der Waals surface area contributed by atoms with Crippen LogP contribution in [0.15, 0.2) is 36.9 Å². The highest BCUT2D eigenvalue weighted by Crippen LogP contribution is 2.16. The van der Waals surface area contributed by atoms with Gasteiger partial charge >= 0.3 is 17.8 Å². The van der Waals surface area contributed by atoms with Gasteiger partial charge in [-0.05, 0) is 12.5 Å². The molecule has 1 aliphatic heterocycles. The Morgan fingerprint density at radius 1 is 1.05 bits per heavy atom. The molecule has 2 rings (SSSR count). The maximum absolute atomic E-state index is 11.9. The molecule has 1 fully saturated rings. The highest BCUT2D eigenvalue weighted by molar-refractivity contribution is 6.44. The lowest BCUT2D eigenvalue weighted by atomic mass is 10.1. The van der Waals surface area contributed by atoms with Crippen LogP contribution in [0.4, 0.5) is 4.79 Å². The fourth-order valence-electron chi connectivity index (χ4n) is 1.86. The molecule has 1 aromatic rings. The minimum absolute atomic E-state index is 0.0494. The van der Waals surface area contributed by atoms with E-state index in [0.717, 1.165) is 20.9 Å². The number of amides is 4. The van der Waals surface area contributed by atoms with Gasteiger partial charge < -0.3 is 0 Å². The van der Waals surface area contributed by atoms with Crippen LogP contribution in [0.2, 0.25) is 0 Å². The zero-order valence-corrected chi connectivity index (χ0v) is 10.6. The summed E-state index contributed by atoms with van der Waals surface area (Å²) in [7, 11) is 0.